The predicted molar refractivity (Wildman–Crippen MR) is 88.1 cm³/mol. The number of hydrogen-bond acceptors (Lipinski definition) is 7. The van der Waals surface area contributed by atoms with Gasteiger partial charge in [0.2, 0.25) is 0 Å². The second-order valence-corrected chi connectivity index (χ2v) is 5.54. The van der Waals surface area contributed by atoms with Crippen LogP contribution in [-0.2, 0) is 0 Å². The monoisotopic (exact) mass is 316 g/mol. The molecule has 0 fully saturated rings. The van der Waals surface area contributed by atoms with Gasteiger partial charge in [0.05, 0.1) is 0 Å². The number of carbonyl (C=O) groups is 2. The molecule has 0 atom stereocenters. The van der Waals surface area contributed by atoms with Crippen molar-refractivity contribution in [3.8, 4) is 11.3 Å². The third-order valence-corrected chi connectivity index (χ3v) is 3.70. The fraction of sp³-hybridized carbons (Fsp3) is 0.200. The number of nitrogens with two attached hydrogens (primary N) is 2. The first-order valence-electron chi connectivity index (χ1n) is 6.47. The van der Waals surface area contributed by atoms with Gasteiger partial charge in [-0.05, 0) is 38.3 Å². The zero-order chi connectivity index (χ0) is 16.4. The Bertz CT molecular complexity index is 742. The summed E-state index contributed by atoms with van der Waals surface area (Å²) in [6, 6.07) is 4.86. The van der Waals surface area contributed by atoms with Crippen LogP contribution in [0.4, 0.5) is 11.5 Å². The minimum absolute atomic E-state index is 0.143. The average molecular weight is 316 g/mol. The van der Waals surface area contributed by atoms with E-state index < -0.39 is 0 Å². The standard InChI is InChI=1S/C15H16N4O2S/c1-7(20)9-4-10(8(2)21)6-11(5-9)13-12(16)14(17)19-15(18-13)22-3/h4-6H,16H2,1-3H3,(H2,17,18,19). The van der Waals surface area contributed by atoms with Crippen LogP contribution in [0.15, 0.2) is 23.4 Å². The number of anilines is 2. The van der Waals surface area contributed by atoms with Gasteiger partial charge in [0.15, 0.2) is 22.5 Å². The summed E-state index contributed by atoms with van der Waals surface area (Å²) in [5.41, 5.74) is 13.8. The first-order valence-corrected chi connectivity index (χ1v) is 7.70. The lowest BCUT2D eigenvalue weighted by molar-refractivity contribution is 0.101. The van der Waals surface area contributed by atoms with Crippen LogP contribution in [0.1, 0.15) is 34.6 Å². The van der Waals surface area contributed by atoms with Crippen LogP contribution in [0.3, 0.4) is 0 Å². The van der Waals surface area contributed by atoms with Gasteiger partial charge in [-0.15, -0.1) is 0 Å². The fourth-order valence-electron chi connectivity index (χ4n) is 1.95. The second kappa shape index (κ2) is 6.15. The van der Waals surface area contributed by atoms with Gasteiger partial charge in [0.1, 0.15) is 11.4 Å². The molecule has 2 rings (SSSR count). The molecule has 0 aliphatic heterocycles. The number of thioether (sulfide) groups is 1. The van der Waals surface area contributed by atoms with E-state index in [-0.39, 0.29) is 23.1 Å². The smallest absolute Gasteiger partial charge is 0.189 e. The highest BCUT2D eigenvalue weighted by molar-refractivity contribution is 7.98. The van der Waals surface area contributed by atoms with Gasteiger partial charge in [-0.3, -0.25) is 9.59 Å². The maximum Gasteiger partial charge on any atom is 0.189 e. The summed E-state index contributed by atoms with van der Waals surface area (Å²) in [5, 5.41) is 0.472. The molecule has 0 unspecified atom stereocenters. The van der Waals surface area contributed by atoms with E-state index in [4.69, 9.17) is 11.5 Å². The van der Waals surface area contributed by atoms with Crippen molar-refractivity contribution < 1.29 is 9.59 Å². The summed E-state index contributed by atoms with van der Waals surface area (Å²) in [4.78, 5) is 31.8. The van der Waals surface area contributed by atoms with Crippen LogP contribution in [0, 0.1) is 0 Å². The van der Waals surface area contributed by atoms with Crippen LogP contribution < -0.4 is 11.5 Å². The van der Waals surface area contributed by atoms with Crippen molar-refractivity contribution in [1.29, 1.82) is 0 Å². The molecule has 22 heavy (non-hydrogen) atoms. The molecule has 0 spiro atoms. The Morgan fingerprint density at radius 2 is 1.55 bits per heavy atom. The topological polar surface area (TPSA) is 112 Å². The van der Waals surface area contributed by atoms with Gasteiger partial charge >= 0.3 is 0 Å². The van der Waals surface area contributed by atoms with E-state index in [1.54, 1.807) is 18.2 Å². The highest BCUT2D eigenvalue weighted by Gasteiger charge is 2.15. The predicted octanol–water partition coefficient (Wildman–Crippen LogP) is 2.44. The molecule has 1 heterocycles. The van der Waals surface area contributed by atoms with Crippen molar-refractivity contribution >= 4 is 34.8 Å². The Kier molecular flexibility index (Phi) is 4.46. The third kappa shape index (κ3) is 3.09. The van der Waals surface area contributed by atoms with Crippen LogP contribution in [0.2, 0.25) is 0 Å². The highest BCUT2D eigenvalue weighted by Crippen LogP contribution is 2.31. The molecular formula is C15H16N4O2S. The summed E-state index contributed by atoms with van der Waals surface area (Å²) < 4.78 is 0. The van der Waals surface area contributed by atoms with E-state index in [1.807, 2.05) is 6.26 Å². The fourth-order valence-corrected chi connectivity index (χ4v) is 2.32. The first kappa shape index (κ1) is 16.0. The number of Topliss-reactive ketones (excluding diaryl/α,β-unsaturated/α-hetero) is 2. The summed E-state index contributed by atoms with van der Waals surface area (Å²) in [7, 11) is 0. The minimum atomic E-state index is -0.143. The molecule has 7 heteroatoms. The number of carbonyl (C=O) groups excluding carboxylic acids is 2. The van der Waals surface area contributed by atoms with Crippen molar-refractivity contribution in [2.45, 2.75) is 19.0 Å². The zero-order valence-corrected chi connectivity index (χ0v) is 13.3. The van der Waals surface area contributed by atoms with Gasteiger partial charge in [-0.2, -0.15) is 0 Å². The normalized spacial score (nSPS) is 10.5. The highest BCUT2D eigenvalue weighted by atomic mass is 32.2. The van der Waals surface area contributed by atoms with Crippen LogP contribution in [0.5, 0.6) is 0 Å². The molecule has 0 aliphatic carbocycles. The number of nitrogen functional groups attached to an aromatic ring is 2. The van der Waals surface area contributed by atoms with E-state index in [1.165, 1.54) is 25.6 Å². The van der Waals surface area contributed by atoms with Gasteiger partial charge in [0, 0.05) is 16.7 Å². The number of aromatic nitrogens is 2. The van der Waals surface area contributed by atoms with E-state index in [9.17, 15) is 9.59 Å². The Morgan fingerprint density at radius 1 is 1.00 bits per heavy atom. The van der Waals surface area contributed by atoms with Gasteiger partial charge in [-0.25, -0.2) is 9.97 Å². The lowest BCUT2D eigenvalue weighted by Gasteiger charge is -2.11. The van der Waals surface area contributed by atoms with Gasteiger partial charge in [0.25, 0.3) is 0 Å². The lowest BCUT2D eigenvalue weighted by Crippen LogP contribution is -2.06. The summed E-state index contributed by atoms with van der Waals surface area (Å²) in [6.07, 6.45) is 1.82. The van der Waals surface area contributed by atoms with Crippen molar-refractivity contribution in [1.82, 2.24) is 9.97 Å². The molecular weight excluding hydrogens is 300 g/mol. The van der Waals surface area contributed by atoms with Crippen LogP contribution in [0.25, 0.3) is 11.3 Å². The molecule has 0 saturated heterocycles. The first-order chi connectivity index (χ1) is 10.3. The molecule has 2 aromatic rings. The van der Waals surface area contributed by atoms with E-state index >= 15 is 0 Å². The summed E-state index contributed by atoms with van der Waals surface area (Å²) >= 11 is 1.33. The number of nitrogens with zero attached hydrogens (tertiary/aromatic N) is 2. The summed E-state index contributed by atoms with van der Waals surface area (Å²) in [5.74, 6) is -0.114. The quantitative estimate of drug-likeness (QED) is 0.506. The molecule has 114 valence electrons. The molecule has 6 nitrogen and oxygen atoms in total. The molecule has 0 radical (unpaired) electrons. The van der Waals surface area contributed by atoms with Gasteiger partial charge in [-0.1, -0.05) is 11.8 Å². The van der Waals surface area contributed by atoms with Crippen molar-refractivity contribution in [3.63, 3.8) is 0 Å². The van der Waals surface area contributed by atoms with Crippen LogP contribution in [-0.4, -0.2) is 27.8 Å². The minimum Gasteiger partial charge on any atom is -0.394 e. The third-order valence-electron chi connectivity index (χ3n) is 3.16. The molecule has 1 aromatic heterocycles. The largest absolute Gasteiger partial charge is 0.394 e. The Balaban J connectivity index is 2.74. The molecule has 0 aliphatic rings. The molecule has 4 N–H and O–H groups in total. The van der Waals surface area contributed by atoms with Gasteiger partial charge < -0.3 is 11.5 Å². The average Bonchev–Trinajstić information content (AvgIpc) is 2.49. The summed E-state index contributed by atoms with van der Waals surface area (Å²) in [6.45, 7) is 2.88. The van der Waals surface area contributed by atoms with Crippen molar-refractivity contribution in [2.75, 3.05) is 17.7 Å². The Hall–Kier alpha value is -2.41. The maximum atomic E-state index is 11.7. The van der Waals surface area contributed by atoms with E-state index in [0.29, 0.717) is 27.5 Å². The molecule has 1 aromatic carbocycles. The Labute approximate surface area is 132 Å². The number of hydrogen-bond donors (Lipinski definition) is 2. The zero-order valence-electron chi connectivity index (χ0n) is 12.5. The molecule has 0 saturated carbocycles. The van der Waals surface area contributed by atoms with Crippen molar-refractivity contribution in [2.24, 2.45) is 0 Å². The second-order valence-electron chi connectivity index (χ2n) is 4.77. The van der Waals surface area contributed by atoms with Crippen molar-refractivity contribution in [3.05, 3.63) is 29.3 Å². The number of benzene rings is 1. The molecule has 0 bridgehead atoms. The van der Waals surface area contributed by atoms with E-state index in [0.717, 1.165) is 0 Å². The number of ketones is 2. The van der Waals surface area contributed by atoms with E-state index in [2.05, 4.69) is 9.97 Å². The SMILES string of the molecule is CSc1nc(N)c(N)c(-c2cc(C(C)=O)cc(C(C)=O)c2)n1. The molecule has 0 amide bonds. The van der Waals surface area contributed by atoms with Crippen LogP contribution >= 0.6 is 11.8 Å². The maximum absolute atomic E-state index is 11.7. The number of rotatable bonds is 4. The lowest BCUT2D eigenvalue weighted by atomic mass is 9.99. The Morgan fingerprint density at radius 3 is 2.00 bits per heavy atom.